The van der Waals surface area contributed by atoms with Crippen molar-refractivity contribution in [2.45, 2.75) is 6.92 Å². The summed E-state index contributed by atoms with van der Waals surface area (Å²) in [5, 5.41) is 0. The average Bonchev–Trinajstić information content (AvgIpc) is 1.87. The van der Waals surface area contributed by atoms with Crippen molar-refractivity contribution in [1.29, 1.82) is 0 Å². The summed E-state index contributed by atoms with van der Waals surface area (Å²) in [6.45, 7) is 1.76. The molecule has 1 aromatic heterocycles. The van der Waals surface area contributed by atoms with E-state index in [0.717, 1.165) is 5.69 Å². The Labute approximate surface area is 79.1 Å². The van der Waals surface area contributed by atoms with Gasteiger partial charge in [0.15, 0.2) is 5.69 Å². The summed E-state index contributed by atoms with van der Waals surface area (Å²) in [7, 11) is 0. The Morgan fingerprint density at radius 3 is 2.22 bits per heavy atom. The molecule has 0 aliphatic carbocycles. The van der Waals surface area contributed by atoms with Crippen LogP contribution in [-0.2, 0) is 32.7 Å². The van der Waals surface area contributed by atoms with Gasteiger partial charge >= 0.3 is 32.7 Å². The molecule has 4 heteroatoms. The quantitative estimate of drug-likeness (QED) is 0.581. The molecule has 0 aliphatic rings. The molecule has 0 atom stereocenters. The Morgan fingerprint density at radius 2 is 2.11 bits per heavy atom. The zero-order chi connectivity index (χ0) is 5.28. The fourth-order valence-corrected chi connectivity index (χ4v) is 0.383. The summed E-state index contributed by atoms with van der Waals surface area (Å²) < 4.78 is 0. The molecule has 0 aliphatic heterocycles. The molecular formula is C5H8N2OY+. The second-order valence-corrected chi connectivity index (χ2v) is 1.33. The van der Waals surface area contributed by atoms with E-state index in [2.05, 4.69) is 16.2 Å². The summed E-state index contributed by atoms with van der Waals surface area (Å²) in [6, 6.07) is 0. The minimum absolute atomic E-state index is 0. The first-order valence-electron chi connectivity index (χ1n) is 1.95. The minimum Gasteiger partial charge on any atom is -0.477 e. The number of imidazole rings is 1. The number of nitrogens with one attached hydrogen (secondary N) is 2. The van der Waals surface area contributed by atoms with Crippen molar-refractivity contribution in [1.82, 2.24) is 9.97 Å². The first-order valence-corrected chi connectivity index (χ1v) is 1.95. The molecule has 1 heterocycles. The van der Waals surface area contributed by atoms with Gasteiger partial charge in [-0.05, 0) is 6.92 Å². The van der Waals surface area contributed by atoms with Crippen molar-refractivity contribution in [3.8, 4) is 0 Å². The largest absolute Gasteiger partial charge is 3.00 e. The molecule has 0 spiro atoms. The van der Waals surface area contributed by atoms with E-state index in [0.29, 0.717) is 0 Å². The standard InChI is InChI=1S/C4H5N2O.CH3.Y/c1-3-2-5-4(7)6-3;;/h1H3,(H2,5,6,7);1H3;/q2*-1;+3. The van der Waals surface area contributed by atoms with Crippen molar-refractivity contribution in [3.05, 3.63) is 29.8 Å². The Balaban J connectivity index is 0. The number of hydrogen-bond donors (Lipinski definition) is 2. The van der Waals surface area contributed by atoms with Crippen molar-refractivity contribution in [3.63, 3.8) is 0 Å². The van der Waals surface area contributed by atoms with Gasteiger partial charge < -0.3 is 22.2 Å². The van der Waals surface area contributed by atoms with E-state index < -0.39 is 0 Å². The third-order valence-corrected chi connectivity index (χ3v) is 0.665. The van der Waals surface area contributed by atoms with Gasteiger partial charge in [0.25, 0.3) is 0 Å². The van der Waals surface area contributed by atoms with Crippen LogP contribution in [-0.4, -0.2) is 9.97 Å². The molecule has 0 radical (unpaired) electrons. The minimum atomic E-state index is -0.197. The number of rotatable bonds is 0. The van der Waals surface area contributed by atoms with Crippen molar-refractivity contribution < 1.29 is 32.7 Å². The molecule has 9 heavy (non-hydrogen) atoms. The third kappa shape index (κ3) is 3.65. The molecule has 0 saturated heterocycles. The molecule has 0 bridgehead atoms. The maximum absolute atomic E-state index is 10.1. The van der Waals surface area contributed by atoms with Crippen molar-refractivity contribution in [2.75, 3.05) is 0 Å². The van der Waals surface area contributed by atoms with Crippen molar-refractivity contribution in [2.24, 2.45) is 0 Å². The maximum atomic E-state index is 10.1. The molecule has 3 nitrogen and oxygen atoms in total. The zero-order valence-electron chi connectivity index (χ0n) is 5.49. The van der Waals surface area contributed by atoms with Crippen LogP contribution in [0.5, 0.6) is 0 Å². The van der Waals surface area contributed by atoms with E-state index in [-0.39, 0.29) is 45.8 Å². The molecule has 1 aromatic rings. The topological polar surface area (TPSA) is 48.6 Å². The van der Waals surface area contributed by atoms with Crippen molar-refractivity contribution >= 4 is 0 Å². The Hall–Kier alpha value is 0.114. The third-order valence-electron chi connectivity index (χ3n) is 0.665. The molecule has 0 fully saturated rings. The van der Waals surface area contributed by atoms with Crippen LogP contribution in [0, 0.1) is 20.5 Å². The zero-order valence-corrected chi connectivity index (χ0v) is 8.32. The summed E-state index contributed by atoms with van der Waals surface area (Å²) in [5.41, 5.74) is 0.544. The van der Waals surface area contributed by atoms with E-state index in [9.17, 15) is 4.79 Å². The van der Waals surface area contributed by atoms with Crippen LogP contribution in [0.2, 0.25) is 0 Å². The number of aromatic nitrogens is 2. The average molecular weight is 201 g/mol. The van der Waals surface area contributed by atoms with Gasteiger partial charge in [-0.25, -0.2) is 0 Å². The summed E-state index contributed by atoms with van der Waals surface area (Å²) in [6.07, 6.45) is 2.58. The molecule has 0 amide bonds. The molecule has 0 aromatic carbocycles. The Kier molecular flexibility index (Phi) is 6.51. The first kappa shape index (κ1) is 11.9. The summed E-state index contributed by atoms with van der Waals surface area (Å²) in [4.78, 5) is 15.0. The summed E-state index contributed by atoms with van der Waals surface area (Å²) in [5.74, 6) is 0. The number of aromatic amines is 2. The van der Waals surface area contributed by atoms with E-state index in [1.807, 2.05) is 0 Å². The SMILES string of the molecule is Cc1[c-][nH]c(=O)[nH]1.[CH3-].[Y+3]. The number of H-pyrrole nitrogens is 2. The van der Waals surface area contributed by atoms with Crippen LogP contribution in [0.1, 0.15) is 5.69 Å². The van der Waals surface area contributed by atoms with Crippen LogP contribution < -0.4 is 5.69 Å². The van der Waals surface area contributed by atoms with Crippen LogP contribution in [0.4, 0.5) is 0 Å². The Bertz CT molecular complexity index is 203. The van der Waals surface area contributed by atoms with Gasteiger partial charge in [0.1, 0.15) is 0 Å². The molecule has 46 valence electrons. The molecular weight excluding hydrogens is 193 g/mol. The van der Waals surface area contributed by atoms with Gasteiger partial charge in [0.2, 0.25) is 0 Å². The molecule has 2 N–H and O–H groups in total. The number of hydrogen-bond acceptors (Lipinski definition) is 1. The normalized spacial score (nSPS) is 7.22. The van der Waals surface area contributed by atoms with Crippen LogP contribution in [0.15, 0.2) is 4.79 Å². The predicted molar refractivity (Wildman–Crippen MR) is 31.4 cm³/mol. The van der Waals surface area contributed by atoms with Gasteiger partial charge in [-0.1, -0.05) is 5.69 Å². The molecule has 0 saturated carbocycles. The van der Waals surface area contributed by atoms with E-state index in [1.54, 1.807) is 6.92 Å². The van der Waals surface area contributed by atoms with Gasteiger partial charge in [0, 0.05) is 0 Å². The van der Waals surface area contributed by atoms with E-state index in [1.165, 1.54) is 0 Å². The fraction of sp³-hybridized carbons (Fsp3) is 0.200. The van der Waals surface area contributed by atoms with E-state index in [4.69, 9.17) is 0 Å². The van der Waals surface area contributed by atoms with Gasteiger partial charge in [-0.3, -0.25) is 0 Å². The molecule has 1 rings (SSSR count). The smallest absolute Gasteiger partial charge is 0.477 e. The fourth-order valence-electron chi connectivity index (χ4n) is 0.383. The second-order valence-electron chi connectivity index (χ2n) is 1.33. The number of aryl methyl sites for hydroxylation is 1. The van der Waals surface area contributed by atoms with Gasteiger partial charge in [0.05, 0.1) is 0 Å². The van der Waals surface area contributed by atoms with Crippen LogP contribution >= 0.6 is 0 Å². The van der Waals surface area contributed by atoms with Crippen LogP contribution in [0.25, 0.3) is 0 Å². The summed E-state index contributed by atoms with van der Waals surface area (Å²) >= 11 is 0. The Morgan fingerprint density at radius 1 is 1.56 bits per heavy atom. The predicted octanol–water partition coefficient (Wildman–Crippen LogP) is 0.259. The monoisotopic (exact) mass is 201 g/mol. The second kappa shape index (κ2) is 4.94. The van der Waals surface area contributed by atoms with Crippen LogP contribution in [0.3, 0.4) is 0 Å². The van der Waals surface area contributed by atoms with Gasteiger partial charge in [-0.15, -0.1) is 0 Å². The van der Waals surface area contributed by atoms with E-state index >= 15 is 0 Å². The maximum Gasteiger partial charge on any atom is 3.00 e. The first-order chi connectivity index (χ1) is 3.29. The van der Waals surface area contributed by atoms with Gasteiger partial charge in [-0.2, -0.15) is 6.20 Å². The molecule has 0 unspecified atom stereocenters.